The minimum atomic E-state index is -3.45. The van der Waals surface area contributed by atoms with E-state index in [2.05, 4.69) is 10.1 Å². The average Bonchev–Trinajstić information content (AvgIpc) is 2.16. The van der Waals surface area contributed by atoms with Crippen LogP contribution >= 0.6 is 0 Å². The molecule has 0 aromatic heterocycles. The molecule has 0 fully saturated rings. The molecule has 0 saturated carbocycles. The van der Waals surface area contributed by atoms with Crippen LogP contribution in [0, 0.1) is 0 Å². The van der Waals surface area contributed by atoms with Crippen LogP contribution < -0.4 is 10.1 Å². The lowest BCUT2D eigenvalue weighted by Crippen LogP contribution is -2.36. The Morgan fingerprint density at radius 2 is 2.00 bits per heavy atom. The standard InChI is InChI=1S/C10H17N3O2S/c1-11-8-9-5-4-6-10(7-9)16(14,15)12-13(2)3/h4-7,11-12H,8H2,1-3H3. The molecule has 2 N–H and O–H groups in total. The van der Waals surface area contributed by atoms with E-state index in [0.29, 0.717) is 6.54 Å². The molecule has 0 aliphatic heterocycles. The summed E-state index contributed by atoms with van der Waals surface area (Å²) in [7, 11) is 1.63. The van der Waals surface area contributed by atoms with Crippen molar-refractivity contribution in [1.29, 1.82) is 0 Å². The Kier molecular flexibility index (Phi) is 4.43. The fourth-order valence-electron chi connectivity index (χ4n) is 1.32. The van der Waals surface area contributed by atoms with Crippen molar-refractivity contribution in [2.24, 2.45) is 0 Å². The summed E-state index contributed by atoms with van der Waals surface area (Å²) < 4.78 is 23.7. The predicted octanol–water partition coefficient (Wildman–Crippen LogP) is 0.161. The van der Waals surface area contributed by atoms with Crippen LogP contribution in [0.15, 0.2) is 29.2 Å². The third-order valence-corrected chi connectivity index (χ3v) is 3.37. The van der Waals surface area contributed by atoms with Gasteiger partial charge in [0.05, 0.1) is 4.90 Å². The lowest BCUT2D eigenvalue weighted by molar-refractivity contribution is 0.364. The number of hydrazine groups is 1. The maximum absolute atomic E-state index is 11.8. The van der Waals surface area contributed by atoms with Crippen molar-refractivity contribution in [3.05, 3.63) is 29.8 Å². The number of rotatable bonds is 5. The van der Waals surface area contributed by atoms with Gasteiger partial charge in [0, 0.05) is 20.6 Å². The lowest BCUT2D eigenvalue weighted by Gasteiger charge is -2.13. The first-order valence-corrected chi connectivity index (χ1v) is 6.37. The van der Waals surface area contributed by atoms with E-state index < -0.39 is 10.0 Å². The molecule has 0 amide bonds. The molecule has 0 aliphatic rings. The quantitative estimate of drug-likeness (QED) is 0.723. The van der Waals surface area contributed by atoms with Gasteiger partial charge >= 0.3 is 0 Å². The van der Waals surface area contributed by atoms with Crippen LogP contribution in [0.4, 0.5) is 0 Å². The highest BCUT2D eigenvalue weighted by Crippen LogP contribution is 2.11. The Balaban J connectivity index is 2.99. The van der Waals surface area contributed by atoms with Crippen molar-refractivity contribution in [2.45, 2.75) is 11.4 Å². The highest BCUT2D eigenvalue weighted by atomic mass is 32.2. The van der Waals surface area contributed by atoms with Crippen molar-refractivity contribution in [3.63, 3.8) is 0 Å². The number of nitrogens with zero attached hydrogens (tertiary/aromatic N) is 1. The Morgan fingerprint density at radius 3 is 2.56 bits per heavy atom. The molecule has 5 nitrogen and oxygen atoms in total. The molecule has 0 unspecified atom stereocenters. The molecule has 0 bridgehead atoms. The van der Waals surface area contributed by atoms with Crippen molar-refractivity contribution in [2.75, 3.05) is 21.1 Å². The van der Waals surface area contributed by atoms with Gasteiger partial charge in [0.2, 0.25) is 0 Å². The number of hydrogen-bond donors (Lipinski definition) is 2. The summed E-state index contributed by atoms with van der Waals surface area (Å²) in [5.41, 5.74) is 0.934. The van der Waals surface area contributed by atoms with Crippen LogP contribution in [0.3, 0.4) is 0 Å². The number of hydrogen-bond acceptors (Lipinski definition) is 4. The maximum Gasteiger partial charge on any atom is 0.253 e. The van der Waals surface area contributed by atoms with Crippen LogP contribution in [0.1, 0.15) is 5.56 Å². The second-order valence-electron chi connectivity index (χ2n) is 3.67. The second-order valence-corrected chi connectivity index (χ2v) is 5.33. The monoisotopic (exact) mass is 243 g/mol. The predicted molar refractivity (Wildman–Crippen MR) is 63.2 cm³/mol. The minimum absolute atomic E-state index is 0.272. The van der Waals surface area contributed by atoms with Crippen LogP contribution in [0.5, 0.6) is 0 Å². The van der Waals surface area contributed by atoms with Crippen molar-refractivity contribution < 1.29 is 8.42 Å². The molecular weight excluding hydrogens is 226 g/mol. The molecule has 16 heavy (non-hydrogen) atoms. The van der Waals surface area contributed by atoms with Gasteiger partial charge < -0.3 is 5.32 Å². The van der Waals surface area contributed by atoms with Gasteiger partial charge in [-0.15, -0.1) is 4.83 Å². The zero-order chi connectivity index (χ0) is 12.2. The summed E-state index contributed by atoms with van der Waals surface area (Å²) in [5, 5.41) is 4.38. The van der Waals surface area contributed by atoms with Crippen LogP contribution in [0.25, 0.3) is 0 Å². The molecule has 1 aromatic carbocycles. The first kappa shape index (κ1) is 13.1. The smallest absolute Gasteiger partial charge is 0.253 e. The Hall–Kier alpha value is -0.950. The molecule has 0 saturated heterocycles. The largest absolute Gasteiger partial charge is 0.316 e. The lowest BCUT2D eigenvalue weighted by atomic mass is 10.2. The normalized spacial score (nSPS) is 12.0. The first-order valence-electron chi connectivity index (χ1n) is 4.89. The summed E-state index contributed by atoms with van der Waals surface area (Å²) in [6, 6.07) is 6.84. The molecule has 0 radical (unpaired) electrons. The summed E-state index contributed by atoms with van der Waals surface area (Å²) in [4.78, 5) is 2.66. The third-order valence-electron chi connectivity index (χ3n) is 1.89. The van der Waals surface area contributed by atoms with E-state index >= 15 is 0 Å². The maximum atomic E-state index is 11.8. The topological polar surface area (TPSA) is 61.4 Å². The Labute approximate surface area is 96.5 Å². The Bertz CT molecular complexity index is 443. The highest BCUT2D eigenvalue weighted by Gasteiger charge is 2.14. The van der Waals surface area contributed by atoms with E-state index in [-0.39, 0.29) is 4.90 Å². The van der Waals surface area contributed by atoms with E-state index in [1.165, 1.54) is 5.01 Å². The van der Waals surface area contributed by atoms with Gasteiger partial charge in [-0.05, 0) is 24.7 Å². The van der Waals surface area contributed by atoms with Crippen molar-refractivity contribution in [1.82, 2.24) is 15.2 Å². The number of benzene rings is 1. The third kappa shape index (κ3) is 3.57. The molecule has 0 heterocycles. The van der Waals surface area contributed by atoms with Crippen LogP contribution in [-0.2, 0) is 16.6 Å². The van der Waals surface area contributed by atoms with Crippen molar-refractivity contribution >= 4 is 10.0 Å². The summed E-state index contributed by atoms with van der Waals surface area (Å²) in [6.07, 6.45) is 0. The van der Waals surface area contributed by atoms with Gasteiger partial charge in [-0.1, -0.05) is 12.1 Å². The van der Waals surface area contributed by atoms with Gasteiger partial charge in [0.1, 0.15) is 0 Å². The number of nitrogens with one attached hydrogen (secondary N) is 2. The van der Waals surface area contributed by atoms with Gasteiger partial charge in [0.25, 0.3) is 10.0 Å². The summed E-state index contributed by atoms with van der Waals surface area (Å²) in [5.74, 6) is 0. The molecule has 1 aromatic rings. The van der Waals surface area contributed by atoms with Crippen molar-refractivity contribution in [3.8, 4) is 0 Å². The Morgan fingerprint density at radius 1 is 1.31 bits per heavy atom. The van der Waals surface area contributed by atoms with Crippen LogP contribution in [-0.4, -0.2) is 34.6 Å². The number of sulfonamides is 1. The molecular formula is C10H17N3O2S. The fraction of sp³-hybridized carbons (Fsp3) is 0.400. The van der Waals surface area contributed by atoms with E-state index in [1.807, 2.05) is 13.1 Å². The highest BCUT2D eigenvalue weighted by molar-refractivity contribution is 7.89. The average molecular weight is 243 g/mol. The first-order chi connectivity index (χ1) is 7.45. The molecule has 6 heteroatoms. The summed E-state index contributed by atoms with van der Waals surface area (Å²) >= 11 is 0. The fourth-order valence-corrected chi connectivity index (χ4v) is 2.47. The zero-order valence-corrected chi connectivity index (χ0v) is 10.5. The SMILES string of the molecule is CNCc1cccc(S(=O)(=O)NN(C)C)c1. The molecule has 0 aliphatic carbocycles. The minimum Gasteiger partial charge on any atom is -0.316 e. The van der Waals surface area contributed by atoms with Gasteiger partial charge in [-0.25, -0.2) is 13.4 Å². The molecule has 0 atom stereocenters. The van der Waals surface area contributed by atoms with E-state index in [0.717, 1.165) is 5.56 Å². The van der Waals surface area contributed by atoms with Crippen LogP contribution in [0.2, 0.25) is 0 Å². The molecule has 1 rings (SSSR count). The van der Waals surface area contributed by atoms with E-state index in [4.69, 9.17) is 0 Å². The summed E-state index contributed by atoms with van der Waals surface area (Å²) in [6.45, 7) is 0.644. The van der Waals surface area contributed by atoms with E-state index in [9.17, 15) is 8.42 Å². The van der Waals surface area contributed by atoms with Gasteiger partial charge in [0.15, 0.2) is 0 Å². The zero-order valence-electron chi connectivity index (χ0n) is 9.69. The van der Waals surface area contributed by atoms with Gasteiger partial charge in [-0.2, -0.15) is 0 Å². The van der Waals surface area contributed by atoms with Gasteiger partial charge in [-0.3, -0.25) is 0 Å². The molecule has 90 valence electrons. The molecule has 0 spiro atoms. The second kappa shape index (κ2) is 5.40. The van der Waals surface area contributed by atoms with E-state index in [1.54, 1.807) is 32.3 Å².